The van der Waals surface area contributed by atoms with Gasteiger partial charge in [0.2, 0.25) is 5.91 Å². The largest absolute Gasteiger partial charge is 0.376 e. The van der Waals surface area contributed by atoms with Crippen LogP contribution in [0.15, 0.2) is 24.3 Å². The fourth-order valence-corrected chi connectivity index (χ4v) is 2.06. The molecule has 0 radical (unpaired) electrons. The van der Waals surface area contributed by atoms with Gasteiger partial charge in [-0.2, -0.15) is 0 Å². The summed E-state index contributed by atoms with van der Waals surface area (Å²) in [7, 11) is 0. The Labute approximate surface area is 112 Å². The molecule has 2 N–H and O–H groups in total. The Hall–Kier alpha value is -1.88. The highest BCUT2D eigenvalue weighted by molar-refractivity contribution is 5.96. The third-order valence-electron chi connectivity index (χ3n) is 2.96. The number of rotatable bonds is 4. The molecule has 102 valence electrons. The summed E-state index contributed by atoms with van der Waals surface area (Å²) in [5, 5.41) is 5.50. The number of nitrogens with one attached hydrogen (secondary N) is 2. The molecule has 19 heavy (non-hydrogen) atoms. The maximum atomic E-state index is 12.0. The number of anilines is 1. The summed E-state index contributed by atoms with van der Waals surface area (Å²) in [6.07, 6.45) is 2.17. The molecule has 1 saturated heterocycles. The van der Waals surface area contributed by atoms with Gasteiger partial charge in [-0.05, 0) is 31.0 Å². The van der Waals surface area contributed by atoms with E-state index in [0.29, 0.717) is 17.8 Å². The van der Waals surface area contributed by atoms with Gasteiger partial charge in [-0.3, -0.25) is 9.59 Å². The third-order valence-corrected chi connectivity index (χ3v) is 2.96. The summed E-state index contributed by atoms with van der Waals surface area (Å²) < 4.78 is 5.44. The molecular weight excluding hydrogens is 244 g/mol. The summed E-state index contributed by atoms with van der Waals surface area (Å²) in [4.78, 5) is 22.9. The molecule has 5 nitrogen and oxygen atoms in total. The van der Waals surface area contributed by atoms with Crippen LogP contribution in [-0.4, -0.2) is 31.1 Å². The summed E-state index contributed by atoms with van der Waals surface area (Å²) in [5.41, 5.74) is 1.15. The highest BCUT2D eigenvalue weighted by Gasteiger charge is 2.16. The van der Waals surface area contributed by atoms with Crippen LogP contribution in [0.4, 0.5) is 5.69 Å². The number of carbonyl (C=O) groups is 2. The van der Waals surface area contributed by atoms with Gasteiger partial charge in [0, 0.05) is 31.3 Å². The highest BCUT2D eigenvalue weighted by atomic mass is 16.5. The topological polar surface area (TPSA) is 67.4 Å². The molecule has 1 aliphatic heterocycles. The van der Waals surface area contributed by atoms with Crippen molar-refractivity contribution >= 4 is 17.5 Å². The summed E-state index contributed by atoms with van der Waals surface area (Å²) in [5.74, 6) is -0.306. The fraction of sp³-hybridized carbons (Fsp3) is 0.429. The molecule has 0 aromatic heterocycles. The van der Waals surface area contributed by atoms with Gasteiger partial charge in [-0.1, -0.05) is 6.07 Å². The number of hydrogen-bond acceptors (Lipinski definition) is 3. The third kappa shape index (κ3) is 4.06. The first-order valence-electron chi connectivity index (χ1n) is 6.42. The van der Waals surface area contributed by atoms with Crippen LogP contribution in [-0.2, 0) is 9.53 Å². The second-order valence-corrected chi connectivity index (χ2v) is 4.61. The van der Waals surface area contributed by atoms with Crippen LogP contribution in [0.25, 0.3) is 0 Å². The first-order valence-corrected chi connectivity index (χ1v) is 6.42. The molecule has 0 unspecified atom stereocenters. The summed E-state index contributed by atoms with van der Waals surface area (Å²) in [6, 6.07) is 6.87. The summed E-state index contributed by atoms with van der Waals surface area (Å²) in [6.45, 7) is 2.74. The first kappa shape index (κ1) is 13.5. The number of ether oxygens (including phenoxy) is 1. The minimum absolute atomic E-state index is 0.127. The van der Waals surface area contributed by atoms with Crippen molar-refractivity contribution in [2.45, 2.75) is 25.9 Å². The van der Waals surface area contributed by atoms with Crippen molar-refractivity contribution in [3.8, 4) is 0 Å². The van der Waals surface area contributed by atoms with Crippen molar-refractivity contribution in [2.75, 3.05) is 18.5 Å². The Morgan fingerprint density at radius 3 is 2.95 bits per heavy atom. The molecule has 2 rings (SSSR count). The van der Waals surface area contributed by atoms with E-state index in [4.69, 9.17) is 4.74 Å². The quantitative estimate of drug-likeness (QED) is 0.865. The van der Waals surface area contributed by atoms with Crippen molar-refractivity contribution in [2.24, 2.45) is 0 Å². The number of benzene rings is 1. The highest BCUT2D eigenvalue weighted by Crippen LogP contribution is 2.12. The van der Waals surface area contributed by atoms with Gasteiger partial charge in [-0.25, -0.2) is 0 Å². The molecule has 0 saturated carbocycles. The zero-order chi connectivity index (χ0) is 13.7. The zero-order valence-electron chi connectivity index (χ0n) is 10.9. The first-order chi connectivity index (χ1) is 9.15. The van der Waals surface area contributed by atoms with E-state index in [0.717, 1.165) is 19.4 Å². The van der Waals surface area contributed by atoms with E-state index >= 15 is 0 Å². The van der Waals surface area contributed by atoms with Gasteiger partial charge >= 0.3 is 0 Å². The Morgan fingerprint density at radius 1 is 1.42 bits per heavy atom. The van der Waals surface area contributed by atoms with E-state index < -0.39 is 0 Å². The SMILES string of the molecule is CC(=O)Nc1cccc(C(=O)NC[C@H]2CCCO2)c1. The minimum Gasteiger partial charge on any atom is -0.376 e. The van der Waals surface area contributed by atoms with Crippen LogP contribution in [0.5, 0.6) is 0 Å². The van der Waals surface area contributed by atoms with Crippen LogP contribution >= 0.6 is 0 Å². The average molecular weight is 262 g/mol. The Bertz CT molecular complexity index is 468. The lowest BCUT2D eigenvalue weighted by Gasteiger charge is -2.11. The van der Waals surface area contributed by atoms with Gasteiger partial charge in [0.15, 0.2) is 0 Å². The van der Waals surface area contributed by atoms with Gasteiger partial charge in [0.05, 0.1) is 6.10 Å². The van der Waals surface area contributed by atoms with Crippen LogP contribution in [0.2, 0.25) is 0 Å². The van der Waals surface area contributed by atoms with E-state index in [9.17, 15) is 9.59 Å². The average Bonchev–Trinajstić information content (AvgIpc) is 2.88. The molecule has 1 aromatic carbocycles. The standard InChI is InChI=1S/C14H18N2O3/c1-10(17)16-12-5-2-4-11(8-12)14(18)15-9-13-6-3-7-19-13/h2,4-5,8,13H,3,6-7,9H2,1H3,(H,15,18)(H,16,17)/t13-/m1/s1. The molecule has 1 atom stereocenters. The maximum Gasteiger partial charge on any atom is 0.251 e. The molecular formula is C14H18N2O3. The molecule has 1 heterocycles. The molecule has 1 aliphatic rings. The van der Waals surface area contributed by atoms with E-state index in [-0.39, 0.29) is 17.9 Å². The zero-order valence-corrected chi connectivity index (χ0v) is 10.9. The number of hydrogen-bond donors (Lipinski definition) is 2. The second-order valence-electron chi connectivity index (χ2n) is 4.61. The van der Waals surface area contributed by atoms with Crippen LogP contribution in [0.3, 0.4) is 0 Å². The van der Waals surface area contributed by atoms with E-state index in [1.54, 1.807) is 24.3 Å². The molecule has 0 bridgehead atoms. The van der Waals surface area contributed by atoms with Gasteiger partial charge in [0.25, 0.3) is 5.91 Å². The predicted octanol–water partition coefficient (Wildman–Crippen LogP) is 1.55. The normalized spacial score (nSPS) is 18.1. The molecule has 0 spiro atoms. The van der Waals surface area contributed by atoms with E-state index in [2.05, 4.69) is 10.6 Å². The van der Waals surface area contributed by atoms with Crippen molar-refractivity contribution in [3.63, 3.8) is 0 Å². The van der Waals surface area contributed by atoms with Crippen LogP contribution in [0, 0.1) is 0 Å². The van der Waals surface area contributed by atoms with Crippen molar-refractivity contribution in [1.82, 2.24) is 5.32 Å². The monoisotopic (exact) mass is 262 g/mol. The summed E-state index contributed by atoms with van der Waals surface area (Å²) >= 11 is 0. The lowest BCUT2D eigenvalue weighted by atomic mass is 10.1. The minimum atomic E-state index is -0.156. The lowest BCUT2D eigenvalue weighted by Crippen LogP contribution is -2.31. The van der Waals surface area contributed by atoms with Crippen molar-refractivity contribution in [1.29, 1.82) is 0 Å². The van der Waals surface area contributed by atoms with Gasteiger partial charge < -0.3 is 15.4 Å². The Kier molecular flexibility index (Phi) is 4.52. The van der Waals surface area contributed by atoms with Crippen molar-refractivity contribution < 1.29 is 14.3 Å². The van der Waals surface area contributed by atoms with E-state index in [1.807, 2.05) is 0 Å². The molecule has 2 amide bonds. The fourth-order valence-electron chi connectivity index (χ4n) is 2.06. The van der Waals surface area contributed by atoms with Gasteiger partial charge in [-0.15, -0.1) is 0 Å². The second kappa shape index (κ2) is 6.33. The molecule has 1 fully saturated rings. The molecule has 0 aliphatic carbocycles. The van der Waals surface area contributed by atoms with Crippen molar-refractivity contribution in [3.05, 3.63) is 29.8 Å². The Balaban J connectivity index is 1.92. The number of amides is 2. The van der Waals surface area contributed by atoms with E-state index in [1.165, 1.54) is 6.92 Å². The smallest absolute Gasteiger partial charge is 0.251 e. The van der Waals surface area contributed by atoms with Gasteiger partial charge in [0.1, 0.15) is 0 Å². The maximum absolute atomic E-state index is 12.0. The van der Waals surface area contributed by atoms with Crippen LogP contribution < -0.4 is 10.6 Å². The molecule has 1 aromatic rings. The molecule has 5 heteroatoms. The Morgan fingerprint density at radius 2 is 2.26 bits per heavy atom. The number of carbonyl (C=O) groups excluding carboxylic acids is 2. The lowest BCUT2D eigenvalue weighted by molar-refractivity contribution is -0.114. The van der Waals surface area contributed by atoms with Crippen LogP contribution in [0.1, 0.15) is 30.1 Å². The predicted molar refractivity (Wildman–Crippen MR) is 72.1 cm³/mol.